The third-order valence-electron chi connectivity index (χ3n) is 3.31. The number of hydrogen-bond donors (Lipinski definition) is 0. The van der Waals surface area contributed by atoms with Crippen molar-refractivity contribution in [3.8, 4) is 21.7 Å². The van der Waals surface area contributed by atoms with Gasteiger partial charge < -0.3 is 4.74 Å². The Morgan fingerprint density at radius 1 is 1.22 bits per heavy atom. The molecule has 0 aliphatic carbocycles. The molecule has 5 heteroatoms. The summed E-state index contributed by atoms with van der Waals surface area (Å²) >= 11 is 5.06. The summed E-state index contributed by atoms with van der Waals surface area (Å²) in [6.45, 7) is 2.12. The Morgan fingerprint density at radius 3 is 2.65 bits per heavy atom. The summed E-state index contributed by atoms with van der Waals surface area (Å²) in [6, 6.07) is 15.7. The first kappa shape index (κ1) is 15.9. The molecule has 0 aliphatic rings. The number of rotatable bonds is 4. The third kappa shape index (κ3) is 3.35. The van der Waals surface area contributed by atoms with E-state index < -0.39 is 0 Å². The van der Waals surface area contributed by atoms with Crippen LogP contribution in [0.25, 0.3) is 21.7 Å². The summed E-state index contributed by atoms with van der Waals surface area (Å²) in [6.07, 6.45) is 0. The number of thiophene rings is 1. The minimum atomic E-state index is -0.372. The van der Waals surface area contributed by atoms with Gasteiger partial charge in [0.2, 0.25) is 0 Å². The molecule has 2 aromatic heterocycles. The SMILES string of the molecule is CCOC(=O)c1c(-c2ccccc2)cc(-c2cccs2)nc1Br. The second-order valence-corrected chi connectivity index (χ2v) is 6.48. The van der Waals surface area contributed by atoms with E-state index in [9.17, 15) is 4.79 Å². The minimum absolute atomic E-state index is 0.326. The smallest absolute Gasteiger partial charge is 0.341 e. The fourth-order valence-electron chi connectivity index (χ4n) is 2.31. The molecule has 23 heavy (non-hydrogen) atoms. The van der Waals surface area contributed by atoms with Crippen LogP contribution in [0.4, 0.5) is 0 Å². The zero-order chi connectivity index (χ0) is 16.2. The van der Waals surface area contributed by atoms with Gasteiger partial charge in [0.25, 0.3) is 0 Å². The molecule has 0 N–H and O–H groups in total. The Bertz CT molecular complexity index is 817. The number of benzene rings is 1. The Labute approximate surface area is 147 Å². The first-order valence-electron chi connectivity index (χ1n) is 7.17. The van der Waals surface area contributed by atoms with Crippen molar-refractivity contribution in [3.63, 3.8) is 0 Å². The van der Waals surface area contributed by atoms with Gasteiger partial charge in [0, 0.05) is 5.56 Å². The Kier molecular flexibility index (Phi) is 4.88. The first-order valence-corrected chi connectivity index (χ1v) is 8.85. The van der Waals surface area contributed by atoms with Gasteiger partial charge in [-0.25, -0.2) is 9.78 Å². The van der Waals surface area contributed by atoms with Gasteiger partial charge in [-0.1, -0.05) is 36.4 Å². The van der Waals surface area contributed by atoms with Crippen LogP contribution >= 0.6 is 27.3 Å². The average Bonchev–Trinajstić information content (AvgIpc) is 3.09. The van der Waals surface area contributed by atoms with Crippen LogP contribution in [0.1, 0.15) is 17.3 Å². The number of halogens is 1. The molecule has 0 spiro atoms. The second-order valence-electron chi connectivity index (χ2n) is 4.78. The fourth-order valence-corrected chi connectivity index (χ4v) is 3.56. The van der Waals surface area contributed by atoms with Gasteiger partial charge >= 0.3 is 5.97 Å². The number of pyridine rings is 1. The largest absolute Gasteiger partial charge is 0.462 e. The summed E-state index contributed by atoms with van der Waals surface area (Å²) in [5.41, 5.74) is 3.06. The van der Waals surface area contributed by atoms with Crippen molar-refractivity contribution >= 4 is 33.2 Å². The molecule has 0 saturated carbocycles. The van der Waals surface area contributed by atoms with Gasteiger partial charge in [-0.2, -0.15) is 0 Å². The van der Waals surface area contributed by atoms with Gasteiger partial charge in [-0.3, -0.25) is 0 Å². The van der Waals surface area contributed by atoms with Crippen molar-refractivity contribution in [1.29, 1.82) is 0 Å². The molecule has 0 radical (unpaired) electrons. The second kappa shape index (κ2) is 7.06. The van der Waals surface area contributed by atoms with Gasteiger partial charge in [-0.15, -0.1) is 11.3 Å². The summed E-state index contributed by atoms with van der Waals surface area (Å²) in [4.78, 5) is 18.0. The van der Waals surface area contributed by atoms with E-state index in [0.717, 1.165) is 21.7 Å². The first-order chi connectivity index (χ1) is 11.2. The van der Waals surface area contributed by atoms with E-state index in [-0.39, 0.29) is 5.97 Å². The predicted octanol–water partition coefficient (Wildman–Crippen LogP) is 5.42. The molecular formula is C18H14BrNO2S. The van der Waals surface area contributed by atoms with Crippen LogP contribution in [-0.2, 0) is 4.74 Å². The maximum atomic E-state index is 12.4. The summed E-state index contributed by atoms with van der Waals surface area (Å²) in [5.74, 6) is -0.372. The van der Waals surface area contributed by atoms with Crippen molar-refractivity contribution in [3.05, 3.63) is 64.1 Å². The molecule has 2 heterocycles. The van der Waals surface area contributed by atoms with Crippen LogP contribution in [0.2, 0.25) is 0 Å². The minimum Gasteiger partial charge on any atom is -0.462 e. The van der Waals surface area contributed by atoms with Crippen LogP contribution in [0, 0.1) is 0 Å². The lowest BCUT2D eigenvalue weighted by molar-refractivity contribution is 0.0525. The monoisotopic (exact) mass is 387 g/mol. The van der Waals surface area contributed by atoms with Crippen molar-refractivity contribution < 1.29 is 9.53 Å². The number of aromatic nitrogens is 1. The molecule has 0 amide bonds. The highest BCUT2D eigenvalue weighted by molar-refractivity contribution is 9.10. The van der Waals surface area contributed by atoms with E-state index in [0.29, 0.717) is 16.8 Å². The number of esters is 1. The van der Waals surface area contributed by atoms with Crippen LogP contribution in [0.15, 0.2) is 58.5 Å². The number of hydrogen-bond acceptors (Lipinski definition) is 4. The summed E-state index contributed by atoms with van der Waals surface area (Å²) in [5, 5.41) is 2.01. The van der Waals surface area contributed by atoms with Crippen LogP contribution in [-0.4, -0.2) is 17.6 Å². The number of carbonyl (C=O) groups is 1. The molecule has 0 atom stereocenters. The maximum Gasteiger partial charge on any atom is 0.341 e. The standard InChI is InChI=1S/C18H14BrNO2S/c1-2-22-18(21)16-13(12-7-4-3-5-8-12)11-14(20-17(16)19)15-9-6-10-23-15/h3-11H,2H2,1H3. The van der Waals surface area contributed by atoms with Crippen molar-refractivity contribution in [1.82, 2.24) is 4.98 Å². The molecule has 0 aliphatic heterocycles. The maximum absolute atomic E-state index is 12.4. The van der Waals surface area contributed by atoms with Crippen molar-refractivity contribution in [2.24, 2.45) is 0 Å². The van der Waals surface area contributed by atoms with E-state index in [2.05, 4.69) is 20.9 Å². The average molecular weight is 388 g/mol. The van der Waals surface area contributed by atoms with E-state index >= 15 is 0 Å². The van der Waals surface area contributed by atoms with Crippen LogP contribution in [0.3, 0.4) is 0 Å². The lowest BCUT2D eigenvalue weighted by Gasteiger charge is -2.12. The zero-order valence-corrected chi connectivity index (χ0v) is 14.9. The van der Waals surface area contributed by atoms with Gasteiger partial charge in [-0.05, 0) is 45.9 Å². The zero-order valence-electron chi connectivity index (χ0n) is 12.5. The molecule has 3 nitrogen and oxygen atoms in total. The highest BCUT2D eigenvalue weighted by Crippen LogP contribution is 2.34. The molecule has 0 unspecified atom stereocenters. The highest BCUT2D eigenvalue weighted by atomic mass is 79.9. The Hall–Kier alpha value is -1.98. The third-order valence-corrected chi connectivity index (χ3v) is 4.78. The Balaban J connectivity index is 2.21. The predicted molar refractivity (Wildman–Crippen MR) is 96.6 cm³/mol. The summed E-state index contributed by atoms with van der Waals surface area (Å²) in [7, 11) is 0. The molecule has 116 valence electrons. The van der Waals surface area contributed by atoms with E-state index in [4.69, 9.17) is 4.74 Å². The molecule has 0 fully saturated rings. The van der Waals surface area contributed by atoms with Crippen LogP contribution < -0.4 is 0 Å². The summed E-state index contributed by atoms with van der Waals surface area (Å²) < 4.78 is 5.70. The fraction of sp³-hybridized carbons (Fsp3) is 0.111. The van der Waals surface area contributed by atoms with Crippen molar-refractivity contribution in [2.45, 2.75) is 6.92 Å². The Morgan fingerprint density at radius 2 is 2.00 bits per heavy atom. The molecule has 1 aromatic carbocycles. The molecular weight excluding hydrogens is 374 g/mol. The van der Waals surface area contributed by atoms with E-state index in [1.165, 1.54) is 0 Å². The van der Waals surface area contributed by atoms with Gasteiger partial charge in [0.15, 0.2) is 0 Å². The van der Waals surface area contributed by atoms with E-state index in [1.54, 1.807) is 18.3 Å². The molecule has 0 saturated heterocycles. The normalized spacial score (nSPS) is 10.5. The van der Waals surface area contributed by atoms with Gasteiger partial charge in [0.1, 0.15) is 10.2 Å². The lowest BCUT2D eigenvalue weighted by atomic mass is 10.0. The molecule has 3 aromatic rings. The molecule has 0 bridgehead atoms. The number of carbonyl (C=O) groups excluding carboxylic acids is 1. The quantitative estimate of drug-likeness (QED) is 0.443. The molecule has 3 rings (SSSR count). The van der Waals surface area contributed by atoms with E-state index in [1.807, 2.05) is 53.9 Å². The topological polar surface area (TPSA) is 39.2 Å². The number of nitrogens with zero attached hydrogens (tertiary/aromatic N) is 1. The van der Waals surface area contributed by atoms with Crippen LogP contribution in [0.5, 0.6) is 0 Å². The van der Waals surface area contributed by atoms with Crippen molar-refractivity contribution in [2.75, 3.05) is 6.61 Å². The lowest BCUT2D eigenvalue weighted by Crippen LogP contribution is -2.09. The van der Waals surface area contributed by atoms with Gasteiger partial charge in [0.05, 0.1) is 17.2 Å². The number of ether oxygens (including phenoxy) is 1. The highest BCUT2D eigenvalue weighted by Gasteiger charge is 2.21.